The van der Waals surface area contributed by atoms with Crippen LogP contribution in [0.25, 0.3) is 0 Å². The molecule has 0 radical (unpaired) electrons. The molecule has 1 fully saturated rings. The van der Waals surface area contributed by atoms with Crippen LogP contribution in [-0.4, -0.2) is 44.7 Å². The van der Waals surface area contributed by atoms with E-state index in [0.29, 0.717) is 31.5 Å². The van der Waals surface area contributed by atoms with Gasteiger partial charge in [-0.15, -0.1) is 0 Å². The first kappa shape index (κ1) is 16.9. The minimum atomic E-state index is -0.185. The number of amides is 2. The third-order valence-corrected chi connectivity index (χ3v) is 3.68. The Labute approximate surface area is 120 Å². The highest BCUT2D eigenvalue weighted by molar-refractivity contribution is 5.84. The van der Waals surface area contributed by atoms with Crippen LogP contribution in [-0.2, 0) is 14.3 Å². The summed E-state index contributed by atoms with van der Waals surface area (Å²) in [5, 5.41) is 5.29. The van der Waals surface area contributed by atoms with Gasteiger partial charge in [-0.25, -0.2) is 0 Å². The van der Waals surface area contributed by atoms with Gasteiger partial charge in [0.25, 0.3) is 0 Å². The van der Waals surface area contributed by atoms with Gasteiger partial charge in [-0.05, 0) is 25.2 Å². The maximum Gasteiger partial charge on any atom is 0.239 e. The van der Waals surface area contributed by atoms with Gasteiger partial charge in [0.15, 0.2) is 0 Å². The fourth-order valence-corrected chi connectivity index (χ4v) is 2.55. The molecule has 20 heavy (non-hydrogen) atoms. The molecule has 6 heteroatoms. The van der Waals surface area contributed by atoms with Crippen LogP contribution in [0, 0.1) is 5.92 Å². The summed E-state index contributed by atoms with van der Waals surface area (Å²) in [6.45, 7) is 0.972. The lowest BCUT2D eigenvalue weighted by Gasteiger charge is -2.26. The molecule has 2 unspecified atom stereocenters. The molecule has 0 aromatic heterocycles. The molecular weight excluding hydrogens is 258 g/mol. The standard InChI is InChI=1S/C14H27N3O3/c1-20-8-7-16-14(19)10-17-13(18)6-5-11-3-2-4-12(15)9-11/h11-12H,2-10,15H2,1H3,(H,16,19)(H,17,18). The second-order valence-electron chi connectivity index (χ2n) is 5.45. The van der Waals surface area contributed by atoms with Gasteiger partial charge >= 0.3 is 0 Å². The normalized spacial score (nSPS) is 22.3. The molecule has 6 nitrogen and oxygen atoms in total. The van der Waals surface area contributed by atoms with E-state index in [-0.39, 0.29) is 18.4 Å². The molecule has 0 aromatic rings. The Balaban J connectivity index is 2.06. The molecular formula is C14H27N3O3. The molecule has 2 atom stereocenters. The number of carbonyl (C=O) groups is 2. The van der Waals surface area contributed by atoms with Crippen LogP contribution >= 0.6 is 0 Å². The van der Waals surface area contributed by atoms with E-state index < -0.39 is 0 Å². The van der Waals surface area contributed by atoms with Gasteiger partial charge in [0.2, 0.25) is 11.8 Å². The van der Waals surface area contributed by atoms with Crippen molar-refractivity contribution in [2.24, 2.45) is 11.7 Å². The lowest BCUT2D eigenvalue weighted by atomic mass is 9.83. The monoisotopic (exact) mass is 285 g/mol. The zero-order valence-electron chi connectivity index (χ0n) is 12.3. The summed E-state index contributed by atoms with van der Waals surface area (Å²) < 4.78 is 4.82. The maximum atomic E-state index is 11.7. The fourth-order valence-electron chi connectivity index (χ4n) is 2.55. The van der Waals surface area contributed by atoms with Gasteiger partial charge in [0.1, 0.15) is 0 Å². The zero-order valence-corrected chi connectivity index (χ0v) is 12.3. The van der Waals surface area contributed by atoms with Crippen molar-refractivity contribution in [2.75, 3.05) is 26.8 Å². The Morgan fingerprint density at radius 3 is 2.75 bits per heavy atom. The molecule has 0 bridgehead atoms. The molecule has 1 rings (SSSR count). The van der Waals surface area contributed by atoms with Crippen molar-refractivity contribution in [3.8, 4) is 0 Å². The van der Waals surface area contributed by atoms with Crippen LogP contribution < -0.4 is 16.4 Å². The molecule has 2 amide bonds. The summed E-state index contributed by atoms with van der Waals surface area (Å²) in [5.74, 6) is 0.307. The number of methoxy groups -OCH3 is 1. The van der Waals surface area contributed by atoms with Crippen LogP contribution in [0.5, 0.6) is 0 Å². The Bertz CT molecular complexity index is 310. The van der Waals surface area contributed by atoms with E-state index >= 15 is 0 Å². The second kappa shape index (κ2) is 9.72. The van der Waals surface area contributed by atoms with Crippen LogP contribution in [0.1, 0.15) is 38.5 Å². The van der Waals surface area contributed by atoms with E-state index in [1.165, 1.54) is 6.42 Å². The van der Waals surface area contributed by atoms with Crippen LogP contribution in [0.4, 0.5) is 0 Å². The summed E-state index contributed by atoms with van der Waals surface area (Å²) in [6.07, 6.45) is 5.79. The van der Waals surface area contributed by atoms with Crippen molar-refractivity contribution in [2.45, 2.75) is 44.6 Å². The van der Waals surface area contributed by atoms with Gasteiger partial charge in [0.05, 0.1) is 13.2 Å². The van der Waals surface area contributed by atoms with E-state index in [0.717, 1.165) is 25.7 Å². The quantitative estimate of drug-likeness (QED) is 0.554. The average Bonchev–Trinajstić information content (AvgIpc) is 2.43. The summed E-state index contributed by atoms with van der Waals surface area (Å²) in [5.41, 5.74) is 5.92. The number of ether oxygens (including phenoxy) is 1. The number of carbonyl (C=O) groups excluding carboxylic acids is 2. The lowest BCUT2D eigenvalue weighted by Crippen LogP contribution is -2.38. The van der Waals surface area contributed by atoms with Crippen LogP contribution in [0.3, 0.4) is 0 Å². The first-order valence-corrected chi connectivity index (χ1v) is 7.39. The smallest absolute Gasteiger partial charge is 0.239 e. The van der Waals surface area contributed by atoms with Crippen LogP contribution in [0.15, 0.2) is 0 Å². The molecule has 0 spiro atoms. The number of hydrogen-bond donors (Lipinski definition) is 3. The molecule has 1 aliphatic rings. The van der Waals surface area contributed by atoms with E-state index in [1.54, 1.807) is 7.11 Å². The second-order valence-corrected chi connectivity index (χ2v) is 5.45. The van der Waals surface area contributed by atoms with E-state index in [9.17, 15) is 9.59 Å². The first-order chi connectivity index (χ1) is 9.61. The highest BCUT2D eigenvalue weighted by Crippen LogP contribution is 2.26. The van der Waals surface area contributed by atoms with Crippen molar-refractivity contribution >= 4 is 11.8 Å². The van der Waals surface area contributed by atoms with E-state index in [2.05, 4.69) is 10.6 Å². The van der Waals surface area contributed by atoms with Crippen molar-refractivity contribution in [3.05, 3.63) is 0 Å². The number of nitrogens with one attached hydrogen (secondary N) is 2. The predicted molar refractivity (Wildman–Crippen MR) is 77.1 cm³/mol. The van der Waals surface area contributed by atoms with Crippen LogP contribution in [0.2, 0.25) is 0 Å². The molecule has 0 aliphatic heterocycles. The van der Waals surface area contributed by atoms with Crippen molar-refractivity contribution < 1.29 is 14.3 Å². The Hall–Kier alpha value is -1.14. The topological polar surface area (TPSA) is 93.5 Å². The third kappa shape index (κ3) is 7.45. The number of nitrogens with two attached hydrogens (primary N) is 1. The fraction of sp³-hybridized carbons (Fsp3) is 0.857. The van der Waals surface area contributed by atoms with E-state index in [4.69, 9.17) is 10.5 Å². The minimum absolute atomic E-state index is 0.0345. The summed E-state index contributed by atoms with van der Waals surface area (Å²) in [6, 6.07) is 0.295. The Morgan fingerprint density at radius 1 is 1.25 bits per heavy atom. The SMILES string of the molecule is COCCNC(=O)CNC(=O)CCC1CCCC(N)C1. The summed E-state index contributed by atoms with van der Waals surface area (Å²) in [4.78, 5) is 23.0. The highest BCUT2D eigenvalue weighted by Gasteiger charge is 2.19. The predicted octanol–water partition coefficient (Wildman–Crippen LogP) is 0.163. The third-order valence-electron chi connectivity index (χ3n) is 3.68. The van der Waals surface area contributed by atoms with Crippen molar-refractivity contribution in [3.63, 3.8) is 0 Å². The average molecular weight is 285 g/mol. The Morgan fingerprint density at radius 2 is 2.05 bits per heavy atom. The maximum absolute atomic E-state index is 11.7. The molecule has 116 valence electrons. The Kier molecular flexibility index (Phi) is 8.22. The molecule has 4 N–H and O–H groups in total. The summed E-state index contributed by atoms with van der Waals surface area (Å²) >= 11 is 0. The first-order valence-electron chi connectivity index (χ1n) is 7.39. The minimum Gasteiger partial charge on any atom is -0.383 e. The molecule has 1 saturated carbocycles. The summed E-state index contributed by atoms with van der Waals surface area (Å²) in [7, 11) is 1.57. The largest absolute Gasteiger partial charge is 0.383 e. The molecule has 0 aromatic carbocycles. The van der Waals surface area contributed by atoms with Gasteiger partial charge in [-0.1, -0.05) is 12.8 Å². The molecule has 1 aliphatic carbocycles. The van der Waals surface area contributed by atoms with Gasteiger partial charge < -0.3 is 21.1 Å². The lowest BCUT2D eigenvalue weighted by molar-refractivity contribution is -0.126. The number of rotatable bonds is 8. The van der Waals surface area contributed by atoms with Gasteiger partial charge in [-0.3, -0.25) is 9.59 Å². The molecule has 0 saturated heterocycles. The highest BCUT2D eigenvalue weighted by atomic mass is 16.5. The van der Waals surface area contributed by atoms with E-state index in [1.807, 2.05) is 0 Å². The van der Waals surface area contributed by atoms with Gasteiger partial charge in [-0.2, -0.15) is 0 Å². The molecule has 0 heterocycles. The van der Waals surface area contributed by atoms with Gasteiger partial charge in [0, 0.05) is 26.1 Å². The number of hydrogen-bond acceptors (Lipinski definition) is 4. The van der Waals surface area contributed by atoms with Crippen molar-refractivity contribution in [1.82, 2.24) is 10.6 Å². The van der Waals surface area contributed by atoms with Crippen molar-refractivity contribution in [1.29, 1.82) is 0 Å². The zero-order chi connectivity index (χ0) is 14.8.